The first kappa shape index (κ1) is 58.3. The summed E-state index contributed by atoms with van der Waals surface area (Å²) in [6, 6.07) is 22.4. The van der Waals surface area contributed by atoms with Crippen LogP contribution >= 0.6 is 0 Å². The molecule has 3 amide bonds. The maximum atomic E-state index is 14.7. The smallest absolute Gasteiger partial charge is 0.249 e. The molecule has 0 radical (unpaired) electrons. The van der Waals surface area contributed by atoms with Crippen LogP contribution in [0, 0.1) is 11.2 Å². The highest BCUT2D eigenvalue weighted by Crippen LogP contribution is 2.36. The molecular weight excluding hydrogens is 1030 g/mol. The second-order valence-corrected chi connectivity index (χ2v) is 21.9. The molecule has 1 aliphatic heterocycles. The van der Waals surface area contributed by atoms with E-state index in [-0.39, 0.29) is 55.1 Å². The lowest BCUT2D eigenvalue weighted by molar-refractivity contribution is -0.147. The van der Waals surface area contributed by atoms with E-state index in [2.05, 4.69) is 57.6 Å². The molecule has 81 heavy (non-hydrogen) atoms. The summed E-state index contributed by atoms with van der Waals surface area (Å²) in [6.45, 7) is 11.3. The minimum atomic E-state index is -0.883. The maximum Gasteiger partial charge on any atom is 0.249 e. The Morgan fingerprint density at radius 2 is 1.54 bits per heavy atom. The van der Waals surface area contributed by atoms with Gasteiger partial charge in [-0.05, 0) is 114 Å². The molecule has 9 rings (SSSR count). The first-order valence-electron chi connectivity index (χ1n) is 28.1. The van der Waals surface area contributed by atoms with Crippen molar-refractivity contribution in [3.8, 4) is 16.9 Å². The molecule has 0 spiro atoms. The maximum absolute atomic E-state index is 14.7. The highest BCUT2D eigenvalue weighted by atomic mass is 19.1. The number of allylic oxidation sites excluding steroid dienone is 1. The van der Waals surface area contributed by atoms with E-state index in [4.69, 9.17) is 28.7 Å². The normalized spacial score (nSPS) is 16.4. The Morgan fingerprint density at radius 3 is 2.30 bits per heavy atom. The number of carbonyl (C=O) groups is 4. The van der Waals surface area contributed by atoms with Gasteiger partial charge in [0, 0.05) is 67.4 Å². The molecule has 0 unspecified atom stereocenters. The predicted molar refractivity (Wildman–Crippen MR) is 305 cm³/mol. The lowest BCUT2D eigenvalue weighted by Gasteiger charge is -2.41. The summed E-state index contributed by atoms with van der Waals surface area (Å²) < 4.78 is 46.0. The largest absolute Gasteiger partial charge is 0.491 e. The molecule has 18 heteroatoms. The molecule has 4 heterocycles. The first-order chi connectivity index (χ1) is 39.2. The van der Waals surface area contributed by atoms with E-state index in [0.717, 1.165) is 81.5 Å². The molecule has 0 fully saturated rings. The van der Waals surface area contributed by atoms with Gasteiger partial charge in [0.05, 0.1) is 83.3 Å². The second-order valence-electron chi connectivity index (χ2n) is 21.9. The number of likely N-dealkylation sites (N-methyl/N-ethyl adjacent to an activating group) is 1. The van der Waals surface area contributed by atoms with Crippen molar-refractivity contribution in [2.75, 3.05) is 66.5 Å². The van der Waals surface area contributed by atoms with E-state index in [0.29, 0.717) is 71.6 Å². The van der Waals surface area contributed by atoms with Crippen LogP contribution in [-0.2, 0) is 65.7 Å². The molecule has 17 nitrogen and oxygen atoms in total. The zero-order valence-electron chi connectivity index (χ0n) is 47.1. The van der Waals surface area contributed by atoms with Gasteiger partial charge in [-0.15, -0.1) is 0 Å². The summed E-state index contributed by atoms with van der Waals surface area (Å²) >= 11 is 0. The quantitative estimate of drug-likeness (QED) is 0.0450. The second kappa shape index (κ2) is 27.4. The van der Waals surface area contributed by atoms with Crippen LogP contribution in [0.5, 0.6) is 5.75 Å². The van der Waals surface area contributed by atoms with Gasteiger partial charge < -0.3 is 49.1 Å². The highest BCUT2D eigenvalue weighted by molar-refractivity contribution is 5.94. The van der Waals surface area contributed by atoms with Crippen LogP contribution in [0.4, 0.5) is 4.39 Å². The van der Waals surface area contributed by atoms with Crippen molar-refractivity contribution in [1.29, 1.82) is 0 Å². The molecule has 2 aliphatic carbocycles. The van der Waals surface area contributed by atoms with E-state index in [1.165, 1.54) is 16.3 Å². The van der Waals surface area contributed by atoms with Gasteiger partial charge in [0.15, 0.2) is 0 Å². The molecule has 3 aromatic carbocycles. The number of aromatic nitrogens is 4. The van der Waals surface area contributed by atoms with Crippen LogP contribution in [0.2, 0.25) is 0 Å². The number of hydrogen-bond donors (Lipinski definition) is 3. The van der Waals surface area contributed by atoms with Gasteiger partial charge in [0.1, 0.15) is 30.3 Å². The molecule has 3 N–H and O–H groups in total. The topological polar surface area (TPSA) is 189 Å². The Labute approximate surface area is 473 Å². The summed E-state index contributed by atoms with van der Waals surface area (Å²) in [6.07, 6.45) is 15.4. The molecule has 4 atom stereocenters. The zero-order chi connectivity index (χ0) is 56.9. The number of rotatable bonds is 26. The Bertz CT molecular complexity index is 3180. The Morgan fingerprint density at radius 1 is 0.790 bits per heavy atom. The van der Waals surface area contributed by atoms with Crippen molar-refractivity contribution in [1.82, 2.24) is 40.2 Å². The number of fused-ring (bicyclic) bond motifs is 3. The first-order valence-corrected chi connectivity index (χ1v) is 28.1. The van der Waals surface area contributed by atoms with E-state index < -0.39 is 23.5 Å². The van der Waals surface area contributed by atoms with Crippen molar-refractivity contribution in [2.45, 2.75) is 103 Å². The lowest BCUT2D eigenvalue weighted by atomic mass is 9.83. The average Bonchev–Trinajstić information content (AvgIpc) is 4.29. The van der Waals surface area contributed by atoms with Gasteiger partial charge in [-0.3, -0.25) is 24.2 Å². The van der Waals surface area contributed by atoms with Gasteiger partial charge in [0.25, 0.3) is 0 Å². The Hall–Kier alpha value is -7.35. The minimum absolute atomic E-state index is 0.153. The molecule has 3 aliphatic rings. The molecule has 6 aromatic rings. The monoisotopic (exact) mass is 1110 g/mol. The molecule has 0 saturated heterocycles. The van der Waals surface area contributed by atoms with Gasteiger partial charge in [0.2, 0.25) is 23.6 Å². The third-order valence-electron chi connectivity index (χ3n) is 15.1. The van der Waals surface area contributed by atoms with Crippen molar-refractivity contribution in [3.05, 3.63) is 166 Å². The van der Waals surface area contributed by atoms with Crippen molar-refractivity contribution in [2.24, 2.45) is 5.41 Å². The third-order valence-corrected chi connectivity index (χ3v) is 15.1. The summed E-state index contributed by atoms with van der Waals surface area (Å²) in [7, 11) is 1.70. The summed E-state index contributed by atoms with van der Waals surface area (Å²) in [5.41, 5.74) is 10.2. The van der Waals surface area contributed by atoms with Gasteiger partial charge >= 0.3 is 0 Å². The fourth-order valence-corrected chi connectivity index (χ4v) is 10.5. The summed E-state index contributed by atoms with van der Waals surface area (Å²) in [4.78, 5) is 61.6. The zero-order valence-corrected chi connectivity index (χ0v) is 47.1. The van der Waals surface area contributed by atoms with E-state index >= 15 is 0 Å². The minimum Gasteiger partial charge on any atom is -0.491 e. The van der Waals surface area contributed by atoms with Crippen LogP contribution in [0.15, 0.2) is 116 Å². The van der Waals surface area contributed by atoms with Crippen molar-refractivity contribution >= 4 is 29.2 Å². The van der Waals surface area contributed by atoms with Gasteiger partial charge in [-0.2, -0.15) is 5.10 Å². The highest BCUT2D eigenvalue weighted by Gasteiger charge is 2.43. The fourth-order valence-electron chi connectivity index (χ4n) is 10.5. The van der Waals surface area contributed by atoms with E-state index in [9.17, 15) is 23.6 Å². The number of halogens is 1. The number of amides is 3. The van der Waals surface area contributed by atoms with Gasteiger partial charge in [-0.25, -0.2) is 9.07 Å². The number of benzene rings is 3. The van der Waals surface area contributed by atoms with Crippen molar-refractivity contribution < 1.29 is 47.3 Å². The number of carbonyl (C=O) groups excluding carboxylic acids is 4. The summed E-state index contributed by atoms with van der Waals surface area (Å²) in [5.74, 6) is -0.648. The van der Waals surface area contributed by atoms with Crippen LogP contribution in [0.3, 0.4) is 0 Å². The van der Waals surface area contributed by atoms with Crippen LogP contribution in [-0.4, -0.2) is 132 Å². The number of pyridine rings is 1. The number of aryl methyl sites for hydroxylation is 1. The number of nitrogens with one attached hydrogen (secondary N) is 3. The van der Waals surface area contributed by atoms with Crippen LogP contribution in [0.1, 0.15) is 102 Å². The van der Waals surface area contributed by atoms with Gasteiger partial charge in [-0.1, -0.05) is 69.3 Å². The molecule has 0 bridgehead atoms. The van der Waals surface area contributed by atoms with Crippen molar-refractivity contribution in [3.63, 3.8) is 0 Å². The molecule has 0 saturated carbocycles. The number of hydrogen-bond acceptors (Lipinski definition) is 12. The summed E-state index contributed by atoms with van der Waals surface area (Å²) in [5, 5.41) is 13.6. The van der Waals surface area contributed by atoms with Crippen LogP contribution in [0.25, 0.3) is 16.7 Å². The molecule has 428 valence electrons. The van der Waals surface area contributed by atoms with E-state index in [1.807, 2.05) is 74.1 Å². The fraction of sp³-hybridized carbons (Fsp3) is 0.429. The Kier molecular flexibility index (Phi) is 19.7. The third kappa shape index (κ3) is 15.2. The predicted octanol–water partition coefficient (Wildman–Crippen LogP) is 7.68. The molecular formula is C63H75FN8O9. The van der Waals surface area contributed by atoms with E-state index in [1.54, 1.807) is 43.4 Å². The SMILES string of the molecule is CN[C@H](C)C(=O)N[C@@H](C(=O)N1Cc2cc(OCCOCCOCCOCCOCCC(=O)n3cc(-c4cnc5c(c4)C(c4ccn(Cc6cccc(F)c6)c4)=CC5)cn3)ccc2C[C@@H]1C(=O)N[C@H]1CCCc2ccccc21)C(C)(C)C. The number of ether oxygens (including phenoxy) is 5. The lowest BCUT2D eigenvalue weighted by Crippen LogP contribution is -2.62. The Balaban J connectivity index is 0.653. The number of nitrogens with zero attached hydrogens (tertiary/aromatic N) is 5. The average molecular weight is 1110 g/mol. The standard InChI is InChI=1S/C63H75FN8O9/c1-42(65-5)60(74)69-59(63(2,3)4)62(76)71-40-48-33-51(17-16-45(48)35-57(71)61(75)68-56-15-9-12-44-11-6-7-14-53(44)56)81-31-30-80-29-28-79-27-26-78-25-24-77-23-21-58(73)72-41-49(37-67-72)47-34-54-52(18-19-55(54)66-36-47)46-20-22-70(39-46)38-43-10-8-13-50(64)32-43/h6-8,10-11,13-14,16-18,20,22,32-34,36-37,39,41-42,56-57,59,65H,9,12,15,19,21,23-31,35,38,40H2,1-5H3,(H,68,75)(H,69,74)/t42-,56+,57-,59+/m1/s1. The van der Waals surface area contributed by atoms with Crippen LogP contribution < -0.4 is 20.7 Å². The molecule has 3 aromatic heterocycles.